The molecule has 0 aliphatic carbocycles. The van der Waals surface area contributed by atoms with Gasteiger partial charge in [0, 0.05) is 16.1 Å². The Balaban J connectivity index is 3.12. The fraction of sp³-hybridized carbons (Fsp3) is 0.222. The molecular weight excluding hydrogens is 288 g/mol. The largest absolute Gasteiger partial charge is 0.481 e. The number of rotatable bonds is 3. The number of aliphatic carboxylic acids is 1. The summed E-state index contributed by atoms with van der Waals surface area (Å²) in [4.78, 5) is 10.4. The van der Waals surface area contributed by atoms with Crippen molar-refractivity contribution in [3.63, 3.8) is 0 Å². The molecule has 1 aromatic carbocycles. The molecule has 0 amide bonds. The second kappa shape index (κ2) is 4.92. The predicted molar refractivity (Wildman–Crippen MR) is 58.3 cm³/mol. The van der Waals surface area contributed by atoms with Crippen molar-refractivity contribution in [2.45, 2.75) is 12.5 Å². The molecule has 15 heavy (non-hydrogen) atoms. The summed E-state index contributed by atoms with van der Waals surface area (Å²) < 4.78 is 13.7. The molecule has 0 bridgehead atoms. The van der Waals surface area contributed by atoms with Crippen LogP contribution in [0.4, 0.5) is 4.39 Å². The number of nitrogens with two attached hydrogens (primary N) is 1. The molecule has 1 unspecified atom stereocenters. The highest BCUT2D eigenvalue weighted by atomic mass is 79.9. The topological polar surface area (TPSA) is 63.3 Å². The van der Waals surface area contributed by atoms with Crippen LogP contribution in [0.5, 0.6) is 0 Å². The normalized spacial score (nSPS) is 12.5. The SMILES string of the molecule is NC(CC(=O)O)c1c(F)ccc(Cl)c1Br. The van der Waals surface area contributed by atoms with Gasteiger partial charge in [0.25, 0.3) is 0 Å². The fourth-order valence-corrected chi connectivity index (χ4v) is 1.95. The smallest absolute Gasteiger partial charge is 0.305 e. The van der Waals surface area contributed by atoms with Crippen molar-refractivity contribution in [2.75, 3.05) is 0 Å². The molecule has 0 aliphatic rings. The van der Waals surface area contributed by atoms with Gasteiger partial charge in [-0.15, -0.1) is 0 Å². The van der Waals surface area contributed by atoms with Crippen LogP contribution in [0.3, 0.4) is 0 Å². The van der Waals surface area contributed by atoms with E-state index in [4.69, 9.17) is 22.4 Å². The predicted octanol–water partition coefficient (Wildman–Crippen LogP) is 2.72. The first kappa shape index (κ1) is 12.4. The first-order valence-corrected chi connectivity index (χ1v) is 5.21. The highest BCUT2D eigenvalue weighted by Gasteiger charge is 2.19. The Labute approximate surface area is 99.2 Å². The molecule has 0 aromatic heterocycles. The van der Waals surface area contributed by atoms with Gasteiger partial charge < -0.3 is 10.8 Å². The molecule has 0 saturated carbocycles. The standard InChI is InChI=1S/C9H8BrClFNO2/c10-9-4(11)1-2-5(12)8(9)6(13)3-7(14)15/h1-2,6H,3,13H2,(H,14,15). The molecule has 0 radical (unpaired) electrons. The molecule has 3 nitrogen and oxygen atoms in total. The van der Waals surface area contributed by atoms with Crippen LogP contribution in [-0.2, 0) is 4.79 Å². The zero-order valence-electron chi connectivity index (χ0n) is 7.51. The van der Waals surface area contributed by atoms with Crippen molar-refractivity contribution in [3.8, 4) is 0 Å². The summed E-state index contributed by atoms with van der Waals surface area (Å²) in [6, 6.07) is 1.61. The summed E-state index contributed by atoms with van der Waals surface area (Å²) in [5.74, 6) is -1.66. The monoisotopic (exact) mass is 295 g/mol. The van der Waals surface area contributed by atoms with Crippen LogP contribution in [0.2, 0.25) is 5.02 Å². The van der Waals surface area contributed by atoms with Crippen LogP contribution in [0.25, 0.3) is 0 Å². The zero-order chi connectivity index (χ0) is 11.6. The van der Waals surface area contributed by atoms with E-state index in [1.54, 1.807) is 0 Å². The van der Waals surface area contributed by atoms with Gasteiger partial charge in [-0.3, -0.25) is 4.79 Å². The lowest BCUT2D eigenvalue weighted by Gasteiger charge is -2.13. The van der Waals surface area contributed by atoms with Crippen LogP contribution in [-0.4, -0.2) is 11.1 Å². The third kappa shape index (κ3) is 2.90. The lowest BCUT2D eigenvalue weighted by atomic mass is 10.0. The Morgan fingerprint density at radius 2 is 2.27 bits per heavy atom. The van der Waals surface area contributed by atoms with E-state index in [0.29, 0.717) is 9.50 Å². The Morgan fingerprint density at radius 1 is 1.67 bits per heavy atom. The molecule has 0 heterocycles. The van der Waals surface area contributed by atoms with E-state index in [1.807, 2.05) is 0 Å². The molecule has 0 saturated heterocycles. The molecule has 0 aliphatic heterocycles. The lowest BCUT2D eigenvalue weighted by molar-refractivity contribution is -0.137. The molecular formula is C9H8BrClFNO2. The van der Waals surface area contributed by atoms with Crippen LogP contribution in [0.15, 0.2) is 16.6 Å². The minimum Gasteiger partial charge on any atom is -0.481 e. The molecule has 0 spiro atoms. The third-order valence-corrected chi connectivity index (χ3v) is 3.24. The van der Waals surface area contributed by atoms with E-state index in [0.717, 1.165) is 6.07 Å². The number of carbonyl (C=O) groups is 1. The maximum Gasteiger partial charge on any atom is 0.305 e. The Bertz CT molecular complexity index is 400. The molecule has 3 N–H and O–H groups in total. The fourth-order valence-electron chi connectivity index (χ4n) is 1.17. The quantitative estimate of drug-likeness (QED) is 0.843. The van der Waals surface area contributed by atoms with Gasteiger partial charge in [0.1, 0.15) is 5.82 Å². The first-order chi connectivity index (χ1) is 6.93. The highest BCUT2D eigenvalue weighted by Crippen LogP contribution is 2.32. The molecule has 1 aromatic rings. The van der Waals surface area contributed by atoms with E-state index in [2.05, 4.69) is 15.9 Å². The summed E-state index contributed by atoms with van der Waals surface area (Å²) in [6.07, 6.45) is -0.351. The van der Waals surface area contributed by atoms with Crippen molar-refractivity contribution in [2.24, 2.45) is 5.73 Å². The van der Waals surface area contributed by atoms with Gasteiger partial charge in [-0.25, -0.2) is 4.39 Å². The minimum absolute atomic E-state index is 0.0879. The van der Waals surface area contributed by atoms with E-state index < -0.39 is 17.8 Å². The van der Waals surface area contributed by atoms with Crippen molar-refractivity contribution in [1.29, 1.82) is 0 Å². The first-order valence-electron chi connectivity index (χ1n) is 4.04. The van der Waals surface area contributed by atoms with Crippen molar-refractivity contribution >= 4 is 33.5 Å². The summed E-state index contributed by atoms with van der Waals surface area (Å²) in [5, 5.41) is 8.84. The molecule has 0 fully saturated rings. The average Bonchev–Trinajstić information content (AvgIpc) is 2.11. The van der Waals surface area contributed by atoms with Gasteiger partial charge in [0.2, 0.25) is 0 Å². The van der Waals surface area contributed by atoms with Crippen LogP contribution >= 0.6 is 27.5 Å². The zero-order valence-corrected chi connectivity index (χ0v) is 9.85. The summed E-state index contributed by atoms with van der Waals surface area (Å²) in [7, 11) is 0. The molecule has 6 heteroatoms. The lowest BCUT2D eigenvalue weighted by Crippen LogP contribution is -2.17. The van der Waals surface area contributed by atoms with E-state index >= 15 is 0 Å². The Morgan fingerprint density at radius 3 is 2.80 bits per heavy atom. The summed E-state index contributed by atoms with van der Waals surface area (Å²) >= 11 is 8.83. The third-order valence-electron chi connectivity index (χ3n) is 1.84. The van der Waals surface area contributed by atoms with Gasteiger partial charge in [-0.1, -0.05) is 11.6 Å². The van der Waals surface area contributed by atoms with E-state index in [-0.39, 0.29) is 12.0 Å². The highest BCUT2D eigenvalue weighted by molar-refractivity contribution is 9.10. The van der Waals surface area contributed by atoms with Gasteiger partial charge >= 0.3 is 5.97 Å². The number of hydrogen-bond donors (Lipinski definition) is 2. The number of carboxylic acid groups (broad SMARTS) is 1. The van der Waals surface area contributed by atoms with Gasteiger partial charge in [0.05, 0.1) is 11.4 Å². The maximum absolute atomic E-state index is 13.4. The number of carboxylic acids is 1. The molecule has 1 rings (SSSR count). The van der Waals surface area contributed by atoms with E-state index in [9.17, 15) is 9.18 Å². The Kier molecular flexibility index (Phi) is 4.07. The van der Waals surface area contributed by atoms with Crippen LogP contribution in [0, 0.1) is 5.82 Å². The van der Waals surface area contributed by atoms with Gasteiger partial charge in [-0.05, 0) is 28.1 Å². The summed E-state index contributed by atoms with van der Waals surface area (Å²) in [6.45, 7) is 0. The molecule has 1 atom stereocenters. The van der Waals surface area contributed by atoms with Crippen LogP contribution in [0.1, 0.15) is 18.0 Å². The van der Waals surface area contributed by atoms with Gasteiger partial charge in [-0.2, -0.15) is 0 Å². The Hall–Kier alpha value is -0.650. The maximum atomic E-state index is 13.4. The van der Waals surface area contributed by atoms with Gasteiger partial charge in [0.15, 0.2) is 0 Å². The van der Waals surface area contributed by atoms with E-state index in [1.165, 1.54) is 6.07 Å². The van der Waals surface area contributed by atoms with Crippen LogP contribution < -0.4 is 5.73 Å². The van der Waals surface area contributed by atoms with Crippen molar-refractivity contribution in [1.82, 2.24) is 0 Å². The second-order valence-electron chi connectivity index (χ2n) is 2.96. The van der Waals surface area contributed by atoms with Crippen molar-refractivity contribution < 1.29 is 14.3 Å². The average molecular weight is 297 g/mol. The second-order valence-corrected chi connectivity index (χ2v) is 4.16. The molecule has 82 valence electrons. The minimum atomic E-state index is -1.09. The summed E-state index contributed by atoms with van der Waals surface area (Å²) in [5.41, 5.74) is 5.64. The number of hydrogen-bond acceptors (Lipinski definition) is 2. The van der Waals surface area contributed by atoms with Crippen molar-refractivity contribution in [3.05, 3.63) is 33.0 Å². The number of benzene rings is 1. The number of halogens is 3.